The fourth-order valence-corrected chi connectivity index (χ4v) is 1.72. The molecule has 0 saturated carbocycles. The van der Waals surface area contributed by atoms with E-state index in [1.54, 1.807) is 0 Å². The molecule has 2 aromatic rings. The number of aliphatic hydroxyl groups excluding tert-OH is 1. The van der Waals surface area contributed by atoms with Crippen LogP contribution in [0.1, 0.15) is 11.4 Å². The second-order valence-electron chi connectivity index (χ2n) is 4.03. The molecule has 1 aromatic heterocycles. The SMILES string of the molecule is Cn1cc(-c2ccc(CO)cc2F)nc1C(F)(F)F. The van der Waals surface area contributed by atoms with E-state index >= 15 is 0 Å². The van der Waals surface area contributed by atoms with Crippen molar-refractivity contribution >= 4 is 0 Å². The molecule has 0 amide bonds. The van der Waals surface area contributed by atoms with Crippen LogP contribution in [0.4, 0.5) is 17.6 Å². The molecule has 0 bridgehead atoms. The van der Waals surface area contributed by atoms with Crippen molar-refractivity contribution in [1.82, 2.24) is 9.55 Å². The summed E-state index contributed by atoms with van der Waals surface area (Å²) in [6, 6.07) is 3.79. The Morgan fingerprint density at radius 2 is 2.00 bits per heavy atom. The molecule has 19 heavy (non-hydrogen) atoms. The maximum atomic E-state index is 13.7. The fraction of sp³-hybridized carbons (Fsp3) is 0.250. The zero-order valence-corrected chi connectivity index (χ0v) is 9.87. The number of hydrogen-bond donors (Lipinski definition) is 1. The molecule has 0 aliphatic carbocycles. The quantitative estimate of drug-likeness (QED) is 0.855. The van der Waals surface area contributed by atoms with E-state index < -0.39 is 17.8 Å². The minimum atomic E-state index is -4.59. The fourth-order valence-electron chi connectivity index (χ4n) is 1.72. The average molecular weight is 274 g/mol. The highest BCUT2D eigenvalue weighted by Crippen LogP contribution is 2.31. The molecule has 0 radical (unpaired) electrons. The Morgan fingerprint density at radius 3 is 2.47 bits per heavy atom. The molecular formula is C12H10F4N2O. The number of hydrogen-bond acceptors (Lipinski definition) is 2. The summed E-state index contributed by atoms with van der Waals surface area (Å²) < 4.78 is 52.3. The highest BCUT2D eigenvalue weighted by atomic mass is 19.4. The lowest BCUT2D eigenvalue weighted by atomic mass is 10.1. The minimum absolute atomic E-state index is 0.0386. The Labute approximate surface area is 106 Å². The third-order valence-corrected chi connectivity index (χ3v) is 2.62. The molecule has 1 N–H and O–H groups in total. The minimum Gasteiger partial charge on any atom is -0.392 e. The first-order valence-electron chi connectivity index (χ1n) is 5.33. The van der Waals surface area contributed by atoms with Crippen LogP contribution in [0.5, 0.6) is 0 Å². The first kappa shape index (κ1) is 13.5. The molecule has 102 valence electrons. The molecule has 0 saturated heterocycles. The van der Waals surface area contributed by atoms with E-state index in [1.807, 2.05) is 0 Å². The number of aromatic nitrogens is 2. The van der Waals surface area contributed by atoms with Crippen LogP contribution in [0.3, 0.4) is 0 Å². The largest absolute Gasteiger partial charge is 0.449 e. The van der Waals surface area contributed by atoms with Crippen LogP contribution in [0.15, 0.2) is 24.4 Å². The zero-order chi connectivity index (χ0) is 14.2. The molecular weight excluding hydrogens is 264 g/mol. The van der Waals surface area contributed by atoms with Gasteiger partial charge >= 0.3 is 6.18 Å². The van der Waals surface area contributed by atoms with Gasteiger partial charge in [-0.15, -0.1) is 0 Å². The molecule has 0 aliphatic rings. The van der Waals surface area contributed by atoms with Crippen molar-refractivity contribution in [3.8, 4) is 11.3 Å². The lowest BCUT2D eigenvalue weighted by Gasteiger charge is -2.04. The number of imidazole rings is 1. The van der Waals surface area contributed by atoms with Gasteiger partial charge in [-0.3, -0.25) is 0 Å². The summed E-state index contributed by atoms with van der Waals surface area (Å²) >= 11 is 0. The van der Waals surface area contributed by atoms with Crippen LogP contribution < -0.4 is 0 Å². The van der Waals surface area contributed by atoms with Crippen LogP contribution in [0.25, 0.3) is 11.3 Å². The van der Waals surface area contributed by atoms with E-state index in [0.717, 1.165) is 16.8 Å². The smallest absolute Gasteiger partial charge is 0.392 e. The van der Waals surface area contributed by atoms with E-state index in [0.29, 0.717) is 5.56 Å². The first-order valence-corrected chi connectivity index (χ1v) is 5.33. The van der Waals surface area contributed by atoms with Gasteiger partial charge in [-0.2, -0.15) is 13.2 Å². The molecule has 7 heteroatoms. The Hall–Kier alpha value is -1.89. The number of aryl methyl sites for hydroxylation is 1. The number of benzene rings is 1. The van der Waals surface area contributed by atoms with Crippen molar-refractivity contribution < 1.29 is 22.7 Å². The summed E-state index contributed by atoms with van der Waals surface area (Å²) in [7, 11) is 1.19. The normalized spacial score (nSPS) is 11.9. The van der Waals surface area contributed by atoms with Crippen LogP contribution in [0, 0.1) is 5.82 Å². The highest BCUT2D eigenvalue weighted by Gasteiger charge is 2.36. The average Bonchev–Trinajstić information content (AvgIpc) is 2.70. The molecule has 0 aliphatic heterocycles. The Morgan fingerprint density at radius 1 is 1.32 bits per heavy atom. The summed E-state index contributed by atoms with van der Waals surface area (Å²) in [5, 5.41) is 8.84. The van der Waals surface area contributed by atoms with Gasteiger partial charge in [0.15, 0.2) is 0 Å². The second-order valence-corrected chi connectivity index (χ2v) is 4.03. The number of aliphatic hydroxyl groups is 1. The van der Waals surface area contributed by atoms with Gasteiger partial charge in [0.25, 0.3) is 0 Å². The van der Waals surface area contributed by atoms with E-state index in [1.165, 1.54) is 19.2 Å². The van der Waals surface area contributed by atoms with Crippen molar-refractivity contribution in [2.45, 2.75) is 12.8 Å². The van der Waals surface area contributed by atoms with Crippen molar-refractivity contribution in [3.05, 3.63) is 41.6 Å². The van der Waals surface area contributed by atoms with Crippen molar-refractivity contribution in [2.24, 2.45) is 7.05 Å². The Balaban J connectivity index is 2.49. The highest BCUT2D eigenvalue weighted by molar-refractivity contribution is 5.60. The summed E-state index contributed by atoms with van der Waals surface area (Å²) in [4.78, 5) is 3.40. The number of nitrogens with zero attached hydrogens (tertiary/aromatic N) is 2. The summed E-state index contributed by atoms with van der Waals surface area (Å²) in [5.41, 5.74) is 0.202. The van der Waals surface area contributed by atoms with Gasteiger partial charge in [0.2, 0.25) is 5.82 Å². The number of rotatable bonds is 2. The maximum Gasteiger partial charge on any atom is 0.449 e. The van der Waals surface area contributed by atoms with Gasteiger partial charge in [-0.05, 0) is 17.7 Å². The zero-order valence-electron chi connectivity index (χ0n) is 9.87. The van der Waals surface area contributed by atoms with E-state index in [9.17, 15) is 17.6 Å². The molecule has 0 spiro atoms. The van der Waals surface area contributed by atoms with Gasteiger partial charge in [0.1, 0.15) is 5.82 Å². The van der Waals surface area contributed by atoms with Crippen LogP contribution in [-0.4, -0.2) is 14.7 Å². The van der Waals surface area contributed by atoms with Gasteiger partial charge in [-0.1, -0.05) is 6.07 Å². The maximum absolute atomic E-state index is 13.7. The van der Waals surface area contributed by atoms with Crippen LogP contribution in [0.2, 0.25) is 0 Å². The molecule has 0 atom stereocenters. The number of alkyl halides is 3. The third-order valence-electron chi connectivity index (χ3n) is 2.62. The Kier molecular flexibility index (Phi) is 3.32. The molecule has 0 fully saturated rings. The summed E-state index contributed by atoms with van der Waals surface area (Å²) in [5.74, 6) is -1.81. The lowest BCUT2D eigenvalue weighted by molar-refractivity contribution is -0.146. The number of halogens is 4. The van der Waals surface area contributed by atoms with Gasteiger partial charge < -0.3 is 9.67 Å². The first-order chi connectivity index (χ1) is 8.82. The summed E-state index contributed by atoms with van der Waals surface area (Å²) in [6.07, 6.45) is -3.48. The predicted molar refractivity (Wildman–Crippen MR) is 59.5 cm³/mol. The molecule has 2 rings (SSSR count). The topological polar surface area (TPSA) is 38.0 Å². The van der Waals surface area contributed by atoms with Crippen molar-refractivity contribution in [2.75, 3.05) is 0 Å². The molecule has 0 unspecified atom stereocenters. The standard InChI is InChI=1S/C12H10F4N2O/c1-18-5-10(17-11(18)12(14,15)16)8-3-2-7(6-19)4-9(8)13/h2-5,19H,6H2,1H3. The van der Waals surface area contributed by atoms with Crippen molar-refractivity contribution in [3.63, 3.8) is 0 Å². The van der Waals surface area contributed by atoms with E-state index in [-0.39, 0.29) is 17.9 Å². The van der Waals surface area contributed by atoms with Crippen LogP contribution >= 0.6 is 0 Å². The molecule has 3 nitrogen and oxygen atoms in total. The van der Waals surface area contributed by atoms with E-state index in [4.69, 9.17) is 5.11 Å². The predicted octanol–water partition coefficient (Wildman–Crippen LogP) is 2.74. The van der Waals surface area contributed by atoms with Gasteiger partial charge in [0.05, 0.1) is 12.3 Å². The van der Waals surface area contributed by atoms with Gasteiger partial charge in [0, 0.05) is 18.8 Å². The van der Waals surface area contributed by atoms with Crippen LogP contribution in [-0.2, 0) is 19.8 Å². The van der Waals surface area contributed by atoms with Crippen molar-refractivity contribution in [1.29, 1.82) is 0 Å². The molecule has 1 aromatic carbocycles. The van der Waals surface area contributed by atoms with E-state index in [2.05, 4.69) is 4.98 Å². The summed E-state index contributed by atoms with van der Waals surface area (Å²) in [6.45, 7) is -0.340. The Bertz CT molecular complexity index is 604. The third kappa shape index (κ3) is 2.60. The van der Waals surface area contributed by atoms with Gasteiger partial charge in [-0.25, -0.2) is 9.37 Å². The lowest BCUT2D eigenvalue weighted by Crippen LogP contribution is -2.12. The monoisotopic (exact) mass is 274 g/mol. The molecule has 1 heterocycles. The second kappa shape index (κ2) is 4.65.